The summed E-state index contributed by atoms with van der Waals surface area (Å²) in [5, 5.41) is 12.8. The number of benzene rings is 17. The Labute approximate surface area is 697 Å². The van der Waals surface area contributed by atoms with Gasteiger partial charge in [0.1, 0.15) is 0 Å². The molecule has 11 heteroatoms. The van der Waals surface area contributed by atoms with E-state index in [2.05, 4.69) is 293 Å². The lowest BCUT2D eigenvalue weighted by Gasteiger charge is -2.15. The molecule has 0 fully saturated rings. The fourth-order valence-corrected chi connectivity index (χ4v) is 21.0. The van der Waals surface area contributed by atoms with Crippen LogP contribution in [0, 0.1) is 0 Å². The maximum atomic E-state index is 5.04. The van der Waals surface area contributed by atoms with Crippen LogP contribution in [0.1, 0.15) is 22.6 Å². The van der Waals surface area contributed by atoms with Gasteiger partial charge >= 0.3 is 0 Å². The topological polar surface area (TPSA) is 92.1 Å². The lowest BCUT2D eigenvalue weighted by Crippen LogP contribution is -2.01. The Morgan fingerprint density at radius 3 is 1.14 bits per heavy atom. The van der Waals surface area contributed by atoms with Gasteiger partial charge in [0.2, 0.25) is 0 Å². The first-order valence-electron chi connectivity index (χ1n) is 40.5. The highest BCUT2D eigenvalue weighted by Gasteiger charge is 2.33. The molecule has 7 aromatic heterocycles. The van der Waals surface area contributed by atoms with Gasteiger partial charge in [-0.3, -0.25) is 0 Å². The Balaban J connectivity index is 0.000000137. The first-order chi connectivity index (χ1) is 59.5. The summed E-state index contributed by atoms with van der Waals surface area (Å²) in [6, 6.07) is 143. The molecule has 0 amide bonds. The molecule has 0 saturated heterocycles. The molecule has 17 aromatic carbocycles. The normalized spacial score (nSPS) is 12.6. The lowest BCUT2D eigenvalue weighted by molar-refractivity contribution is 1.02. The summed E-state index contributed by atoms with van der Waals surface area (Å²) in [4.78, 5) is 29.9. The third-order valence-electron chi connectivity index (χ3n) is 23.9. The van der Waals surface area contributed by atoms with Crippen molar-refractivity contribution in [2.75, 3.05) is 0 Å². The number of fused-ring (bicyclic) bond motifs is 20. The highest BCUT2D eigenvalue weighted by atomic mass is 32.1. The average molecular weight is 1570 g/mol. The number of aromatic nitrogens is 9. The molecule has 120 heavy (non-hydrogen) atoms. The van der Waals surface area contributed by atoms with Gasteiger partial charge in [0.25, 0.3) is 0 Å². The van der Waals surface area contributed by atoms with Crippen LogP contribution in [0.5, 0.6) is 0 Å². The average Bonchev–Trinajstić information content (AvgIpc) is 1.56. The van der Waals surface area contributed by atoms with Crippen molar-refractivity contribution in [3.63, 3.8) is 0 Å². The van der Waals surface area contributed by atoms with Crippen molar-refractivity contribution >= 4 is 128 Å². The summed E-state index contributed by atoms with van der Waals surface area (Å²) < 4.78 is 12.6. The number of rotatable bonds is 11. The van der Waals surface area contributed by atoms with Crippen LogP contribution in [0.3, 0.4) is 0 Å². The summed E-state index contributed by atoms with van der Waals surface area (Å²) in [5.74, 6) is 4.01. The summed E-state index contributed by atoms with van der Waals surface area (Å²) in [7, 11) is 0. The number of hydrogen-bond donors (Lipinski definition) is 0. The number of thiophene rings is 2. The fraction of sp³-hybridized carbons (Fsp3) is 0.00917. The van der Waals surface area contributed by atoms with Gasteiger partial charge in [-0.15, -0.1) is 22.7 Å². The number of hydrogen-bond acceptors (Lipinski definition) is 8. The van der Waals surface area contributed by atoms with E-state index >= 15 is 0 Å². The highest BCUT2D eigenvalue weighted by Crippen LogP contribution is 2.54. The quantitative estimate of drug-likeness (QED) is 0.128. The van der Waals surface area contributed by atoms with E-state index in [9.17, 15) is 0 Å². The van der Waals surface area contributed by atoms with E-state index in [0.29, 0.717) is 34.9 Å². The fourth-order valence-electron chi connectivity index (χ4n) is 18.5. The monoisotopic (exact) mass is 1570 g/mol. The maximum Gasteiger partial charge on any atom is 0.164 e. The zero-order chi connectivity index (χ0) is 78.9. The van der Waals surface area contributed by atoms with Crippen LogP contribution in [0.4, 0.5) is 0 Å². The van der Waals surface area contributed by atoms with Crippen LogP contribution in [0.15, 0.2) is 400 Å². The third kappa shape index (κ3) is 11.4. The SMILES string of the molecule is c1ccc(-c2nc(-c3ccccc3)nc(-c3cccc(-c4cccc(-n5c6ccccc6c6cc(-n7c8ccccc8c8c9sc%10ccccc%10c9ccc87)ccc65)c4)c3)n2)cc1.c1ccc(-c2nc(-c3ccccc3)nc(-c3cccc(-n4c5ccccc5c5cc(C6c7ccccc7-c7c6ccc6c7sc7ccccc76)ccc54)c3)n2)cc1. The van der Waals surface area contributed by atoms with E-state index in [4.69, 9.17) is 29.9 Å². The molecule has 1 atom stereocenters. The van der Waals surface area contributed by atoms with E-state index in [0.717, 1.165) is 83.6 Å². The van der Waals surface area contributed by atoms with Crippen LogP contribution < -0.4 is 0 Å². The summed E-state index contributed by atoms with van der Waals surface area (Å²) in [5.41, 5.74) is 25.0. The van der Waals surface area contributed by atoms with Crippen molar-refractivity contribution < 1.29 is 0 Å². The third-order valence-corrected chi connectivity index (χ3v) is 26.3. The van der Waals surface area contributed by atoms with Crippen LogP contribution in [0.2, 0.25) is 0 Å². The predicted octanol–water partition coefficient (Wildman–Crippen LogP) is 28.6. The van der Waals surface area contributed by atoms with Crippen LogP contribution >= 0.6 is 22.7 Å². The van der Waals surface area contributed by atoms with Crippen LogP contribution in [0.25, 0.3) is 213 Å². The van der Waals surface area contributed by atoms with Crippen LogP contribution in [-0.4, -0.2) is 43.6 Å². The number of para-hydroxylation sites is 3. The van der Waals surface area contributed by atoms with Gasteiger partial charge in [0, 0.05) is 135 Å². The molecule has 560 valence electrons. The van der Waals surface area contributed by atoms with E-state index in [1.165, 1.54) is 112 Å². The zero-order valence-corrected chi connectivity index (χ0v) is 66.2. The summed E-state index contributed by atoms with van der Waals surface area (Å²) in [6.45, 7) is 0. The molecule has 7 heterocycles. The molecule has 1 aliphatic carbocycles. The molecule has 1 unspecified atom stereocenters. The summed E-state index contributed by atoms with van der Waals surface area (Å²) in [6.07, 6.45) is 0. The smallest absolute Gasteiger partial charge is 0.164 e. The number of nitrogens with zero attached hydrogens (tertiary/aromatic N) is 9. The van der Waals surface area contributed by atoms with Gasteiger partial charge in [0.15, 0.2) is 34.9 Å². The first kappa shape index (κ1) is 69.0. The van der Waals surface area contributed by atoms with Crippen molar-refractivity contribution in [2.45, 2.75) is 5.92 Å². The zero-order valence-electron chi connectivity index (χ0n) is 64.5. The Hall–Kier alpha value is -15.4. The van der Waals surface area contributed by atoms with Gasteiger partial charge in [-0.05, 0) is 130 Å². The minimum Gasteiger partial charge on any atom is -0.309 e. The lowest BCUT2D eigenvalue weighted by atomic mass is 9.88. The maximum absolute atomic E-state index is 5.04. The van der Waals surface area contributed by atoms with Crippen LogP contribution in [-0.2, 0) is 0 Å². The van der Waals surface area contributed by atoms with E-state index in [1.54, 1.807) is 0 Å². The van der Waals surface area contributed by atoms with Crippen molar-refractivity contribution in [3.8, 4) is 108 Å². The van der Waals surface area contributed by atoms with Gasteiger partial charge < -0.3 is 13.7 Å². The first-order valence-corrected chi connectivity index (χ1v) is 42.1. The van der Waals surface area contributed by atoms with Crippen molar-refractivity contribution in [1.29, 1.82) is 0 Å². The molecule has 24 aromatic rings. The van der Waals surface area contributed by atoms with Gasteiger partial charge in [-0.25, -0.2) is 29.9 Å². The second-order valence-corrected chi connectivity index (χ2v) is 32.9. The van der Waals surface area contributed by atoms with E-state index < -0.39 is 0 Å². The molecular weight excluding hydrogens is 1500 g/mol. The van der Waals surface area contributed by atoms with Crippen molar-refractivity contribution in [3.05, 3.63) is 417 Å². The molecule has 9 nitrogen and oxygen atoms in total. The Kier molecular flexibility index (Phi) is 16.2. The Bertz CT molecular complexity index is 8130. The highest BCUT2D eigenvalue weighted by molar-refractivity contribution is 7.27. The molecule has 0 radical (unpaired) electrons. The molecule has 0 saturated carbocycles. The Morgan fingerprint density at radius 1 is 0.208 bits per heavy atom. The second kappa shape index (κ2) is 28.2. The van der Waals surface area contributed by atoms with Crippen molar-refractivity contribution in [1.82, 2.24) is 43.6 Å². The minimum absolute atomic E-state index is 0.141. The molecule has 25 rings (SSSR count). The molecule has 0 bridgehead atoms. The molecular formula is C109H67N9S2. The van der Waals surface area contributed by atoms with Gasteiger partial charge in [-0.1, -0.05) is 303 Å². The van der Waals surface area contributed by atoms with E-state index in [-0.39, 0.29) is 5.92 Å². The molecule has 0 N–H and O–H groups in total. The predicted molar refractivity (Wildman–Crippen MR) is 499 cm³/mol. The van der Waals surface area contributed by atoms with Gasteiger partial charge in [0.05, 0.1) is 33.1 Å². The molecule has 1 aliphatic rings. The molecule has 0 spiro atoms. The van der Waals surface area contributed by atoms with Gasteiger partial charge in [-0.2, -0.15) is 0 Å². The summed E-state index contributed by atoms with van der Waals surface area (Å²) >= 11 is 3.81. The minimum atomic E-state index is 0.141. The van der Waals surface area contributed by atoms with Crippen molar-refractivity contribution in [2.24, 2.45) is 0 Å². The largest absolute Gasteiger partial charge is 0.309 e. The second-order valence-electron chi connectivity index (χ2n) is 30.8. The molecule has 0 aliphatic heterocycles. The standard InChI is InChI=1S/C57H35N5S.C52H32N4S/c1-3-15-36(16-4-1)55-58-56(37-17-5-2-6-18-37)60-57(59-55)40-21-13-19-38(33-40)39-20-14-22-41(34-39)61-48-26-10-7-23-43(48)47-35-42(29-31-50(47)61)62-49-27-11-8-25-46(49)53-51(62)32-30-45-44-24-9-12-28-52(44)63-54(45)53;1-3-14-32(15-4-1)50-53-51(33-16-5-2-6-17-33)55-52(54-50)35-18-13-19-36(30-35)56-44-24-11-9-20-37(44)43-31-34(26-29-45(43)56)47-39-22-7-8-23-40(39)48-42(47)28-27-41-38-21-10-12-25-46(38)57-49(41)48/h1-35H;1-31,47H. The Morgan fingerprint density at radius 2 is 0.575 bits per heavy atom. The van der Waals surface area contributed by atoms with E-state index in [1.807, 2.05) is 144 Å².